The number of ether oxygens (including phenoxy) is 1. The van der Waals surface area contributed by atoms with Crippen molar-refractivity contribution in [2.75, 3.05) is 19.4 Å². The Morgan fingerprint density at radius 3 is 2.77 bits per heavy atom. The fourth-order valence-electron chi connectivity index (χ4n) is 3.24. The van der Waals surface area contributed by atoms with E-state index < -0.39 is 0 Å². The smallest absolute Gasteiger partial charge is 0.277 e. The third-order valence-electron chi connectivity index (χ3n) is 4.80. The first-order chi connectivity index (χ1) is 15.1. The van der Waals surface area contributed by atoms with Gasteiger partial charge >= 0.3 is 0 Å². The fourth-order valence-corrected chi connectivity index (χ4v) is 3.83. The lowest BCUT2D eigenvalue weighted by molar-refractivity contribution is -0.118. The quantitative estimate of drug-likeness (QED) is 0.315. The summed E-state index contributed by atoms with van der Waals surface area (Å²) in [6.45, 7) is 3.39. The Kier molecular flexibility index (Phi) is 6.51. The van der Waals surface area contributed by atoms with Gasteiger partial charge in [0.2, 0.25) is 11.8 Å². The molecule has 0 fully saturated rings. The number of benzene rings is 2. The van der Waals surface area contributed by atoms with Gasteiger partial charge in [0.05, 0.1) is 23.9 Å². The first kappa shape index (κ1) is 20.9. The molecule has 1 N–H and O–H groups in total. The highest BCUT2D eigenvalue weighted by atomic mass is 32.2. The standard InChI is InChI=1S/C22H23N5O3S/c1-15-24-18-6-3-4-7-19(18)27(15)13-5-12-23-20(28)14-31-22-26-25-21(30-22)16-8-10-17(29-2)11-9-16/h3-4,6-11H,5,12-14H2,1-2H3,(H,23,28). The maximum absolute atomic E-state index is 12.1. The van der Waals surface area contributed by atoms with Crippen LogP contribution in [0.25, 0.3) is 22.5 Å². The van der Waals surface area contributed by atoms with Crippen molar-refractivity contribution in [3.05, 3.63) is 54.4 Å². The Bertz CT molecular complexity index is 1170. The van der Waals surface area contributed by atoms with Gasteiger partial charge in [-0.1, -0.05) is 23.9 Å². The predicted octanol–water partition coefficient (Wildman–Crippen LogP) is 3.70. The van der Waals surface area contributed by atoms with Crippen molar-refractivity contribution in [3.8, 4) is 17.2 Å². The number of amides is 1. The normalized spacial score (nSPS) is 11.0. The van der Waals surface area contributed by atoms with Crippen LogP contribution in [0.5, 0.6) is 5.75 Å². The summed E-state index contributed by atoms with van der Waals surface area (Å²) in [5.74, 6) is 2.30. The highest BCUT2D eigenvalue weighted by Crippen LogP contribution is 2.24. The molecule has 160 valence electrons. The van der Waals surface area contributed by atoms with Crippen molar-refractivity contribution in [3.63, 3.8) is 0 Å². The molecule has 0 atom stereocenters. The Morgan fingerprint density at radius 2 is 1.97 bits per heavy atom. The number of fused-ring (bicyclic) bond motifs is 1. The van der Waals surface area contributed by atoms with E-state index in [0.717, 1.165) is 41.1 Å². The van der Waals surface area contributed by atoms with Crippen LogP contribution >= 0.6 is 11.8 Å². The number of carbonyl (C=O) groups excluding carboxylic acids is 1. The molecule has 4 aromatic rings. The highest BCUT2D eigenvalue weighted by Gasteiger charge is 2.12. The number of nitrogens with zero attached hydrogens (tertiary/aromatic N) is 4. The highest BCUT2D eigenvalue weighted by molar-refractivity contribution is 7.99. The van der Waals surface area contributed by atoms with E-state index in [1.165, 1.54) is 11.8 Å². The minimum absolute atomic E-state index is 0.0681. The SMILES string of the molecule is COc1ccc(-c2nnc(SCC(=O)NCCCn3c(C)nc4ccccc43)o2)cc1. The molecule has 0 aliphatic heterocycles. The Labute approximate surface area is 184 Å². The molecular formula is C22H23N5O3S. The Hall–Kier alpha value is -3.33. The van der Waals surface area contributed by atoms with Crippen LogP contribution in [0.2, 0.25) is 0 Å². The topological polar surface area (TPSA) is 95.1 Å². The van der Waals surface area contributed by atoms with E-state index in [1.807, 2.05) is 49.4 Å². The monoisotopic (exact) mass is 437 g/mol. The van der Waals surface area contributed by atoms with Crippen LogP contribution in [0.4, 0.5) is 0 Å². The third-order valence-corrected chi connectivity index (χ3v) is 5.61. The zero-order chi connectivity index (χ0) is 21.6. The van der Waals surface area contributed by atoms with Crippen molar-refractivity contribution in [2.45, 2.75) is 25.1 Å². The maximum atomic E-state index is 12.1. The van der Waals surface area contributed by atoms with E-state index in [9.17, 15) is 4.79 Å². The number of rotatable bonds is 9. The van der Waals surface area contributed by atoms with Gasteiger partial charge in [-0.25, -0.2) is 4.98 Å². The van der Waals surface area contributed by atoms with Gasteiger partial charge in [0.1, 0.15) is 11.6 Å². The predicted molar refractivity (Wildman–Crippen MR) is 119 cm³/mol. The molecule has 0 bridgehead atoms. The number of nitrogens with one attached hydrogen (secondary N) is 1. The number of methoxy groups -OCH3 is 1. The number of aromatic nitrogens is 4. The molecule has 0 unspecified atom stereocenters. The Balaban J connectivity index is 1.22. The van der Waals surface area contributed by atoms with Gasteiger partial charge in [0.15, 0.2) is 0 Å². The molecule has 0 aliphatic rings. The minimum Gasteiger partial charge on any atom is -0.497 e. The average molecular weight is 438 g/mol. The van der Waals surface area contributed by atoms with Crippen LogP contribution in [0.3, 0.4) is 0 Å². The summed E-state index contributed by atoms with van der Waals surface area (Å²) in [4.78, 5) is 16.7. The van der Waals surface area contributed by atoms with E-state index in [4.69, 9.17) is 9.15 Å². The summed E-state index contributed by atoms with van der Waals surface area (Å²) >= 11 is 1.22. The van der Waals surface area contributed by atoms with Crippen LogP contribution in [0, 0.1) is 6.92 Å². The molecule has 0 spiro atoms. The molecule has 2 aromatic carbocycles. The second-order valence-corrected chi connectivity index (χ2v) is 7.82. The summed E-state index contributed by atoms with van der Waals surface area (Å²) in [6.07, 6.45) is 0.819. The largest absolute Gasteiger partial charge is 0.497 e. The summed E-state index contributed by atoms with van der Waals surface area (Å²) in [7, 11) is 1.61. The zero-order valence-electron chi connectivity index (χ0n) is 17.4. The molecular weight excluding hydrogens is 414 g/mol. The van der Waals surface area contributed by atoms with Crippen molar-refractivity contribution in [1.82, 2.24) is 25.1 Å². The maximum Gasteiger partial charge on any atom is 0.277 e. The van der Waals surface area contributed by atoms with Crippen molar-refractivity contribution >= 4 is 28.7 Å². The van der Waals surface area contributed by atoms with Gasteiger partial charge < -0.3 is 19.0 Å². The molecule has 4 rings (SSSR count). The average Bonchev–Trinajstić information content (AvgIpc) is 3.39. The van der Waals surface area contributed by atoms with Crippen LogP contribution in [-0.2, 0) is 11.3 Å². The second-order valence-electron chi connectivity index (χ2n) is 6.89. The fraction of sp³-hybridized carbons (Fsp3) is 0.273. The molecule has 1 amide bonds. The van der Waals surface area contributed by atoms with Crippen LogP contribution in [0.1, 0.15) is 12.2 Å². The lowest BCUT2D eigenvalue weighted by Crippen LogP contribution is -2.26. The first-order valence-corrected chi connectivity index (χ1v) is 10.9. The molecule has 0 aliphatic carbocycles. The van der Waals surface area contributed by atoms with E-state index in [2.05, 4.69) is 31.1 Å². The van der Waals surface area contributed by atoms with Gasteiger partial charge in [0, 0.05) is 18.7 Å². The van der Waals surface area contributed by atoms with E-state index in [-0.39, 0.29) is 11.7 Å². The van der Waals surface area contributed by atoms with Crippen molar-refractivity contribution in [2.24, 2.45) is 0 Å². The van der Waals surface area contributed by atoms with E-state index in [0.29, 0.717) is 17.7 Å². The molecule has 0 saturated heterocycles. The number of hydrogen-bond donors (Lipinski definition) is 1. The van der Waals surface area contributed by atoms with Crippen LogP contribution < -0.4 is 10.1 Å². The number of thioether (sulfide) groups is 1. The number of hydrogen-bond acceptors (Lipinski definition) is 7. The number of para-hydroxylation sites is 2. The summed E-state index contributed by atoms with van der Waals surface area (Å²) in [6, 6.07) is 15.4. The first-order valence-electron chi connectivity index (χ1n) is 9.93. The molecule has 8 nitrogen and oxygen atoms in total. The second kappa shape index (κ2) is 9.65. The molecule has 2 aromatic heterocycles. The number of aryl methyl sites for hydroxylation is 2. The molecule has 0 saturated carbocycles. The van der Waals surface area contributed by atoms with Gasteiger partial charge in [-0.15, -0.1) is 10.2 Å². The molecule has 31 heavy (non-hydrogen) atoms. The van der Waals surface area contributed by atoms with Crippen LogP contribution in [0.15, 0.2) is 58.2 Å². The van der Waals surface area contributed by atoms with Gasteiger partial charge in [-0.3, -0.25) is 4.79 Å². The van der Waals surface area contributed by atoms with E-state index >= 15 is 0 Å². The molecule has 0 radical (unpaired) electrons. The van der Waals surface area contributed by atoms with Crippen molar-refractivity contribution in [1.29, 1.82) is 0 Å². The summed E-state index contributed by atoms with van der Waals surface area (Å²) < 4.78 is 12.9. The number of imidazole rings is 1. The Morgan fingerprint density at radius 1 is 1.16 bits per heavy atom. The molecule has 9 heteroatoms. The van der Waals surface area contributed by atoms with Gasteiger partial charge in [-0.2, -0.15) is 0 Å². The van der Waals surface area contributed by atoms with E-state index in [1.54, 1.807) is 7.11 Å². The van der Waals surface area contributed by atoms with Crippen molar-refractivity contribution < 1.29 is 13.9 Å². The molecule has 2 heterocycles. The lowest BCUT2D eigenvalue weighted by atomic mass is 10.2. The van der Waals surface area contributed by atoms with Crippen LogP contribution in [-0.4, -0.2) is 45.1 Å². The summed E-state index contributed by atoms with van der Waals surface area (Å²) in [5, 5.41) is 11.3. The minimum atomic E-state index is -0.0681. The van der Waals surface area contributed by atoms with Gasteiger partial charge in [-0.05, 0) is 49.7 Å². The number of carbonyl (C=O) groups is 1. The van der Waals surface area contributed by atoms with Gasteiger partial charge in [0.25, 0.3) is 5.22 Å². The summed E-state index contributed by atoms with van der Waals surface area (Å²) in [5.41, 5.74) is 2.91. The third kappa shape index (κ3) is 5.05. The lowest BCUT2D eigenvalue weighted by Gasteiger charge is -2.08. The zero-order valence-corrected chi connectivity index (χ0v) is 18.2.